The number of esters is 2. The molecule has 0 fully saturated rings. The number of carbonyl (C=O) groups excluding carboxylic acids is 2. The molecule has 60 heavy (non-hydrogen) atoms. The highest BCUT2D eigenvalue weighted by Crippen LogP contribution is 2.46. The normalized spacial score (nSPS) is 15.8. The zero-order valence-electron chi connectivity index (χ0n) is 36.1. The molecular weight excluding hydrogens is 807 g/mol. The Morgan fingerprint density at radius 1 is 0.617 bits per heavy atom. The Bertz CT molecular complexity index is 1830. The summed E-state index contributed by atoms with van der Waals surface area (Å²) in [5.41, 5.74) is 3.48. The van der Waals surface area contributed by atoms with E-state index in [1.807, 2.05) is 111 Å². The summed E-state index contributed by atoms with van der Waals surface area (Å²) in [6, 6.07) is 30.9. The lowest BCUT2D eigenvalue weighted by molar-refractivity contribution is -0.910. The Hall–Kier alpha value is -4.26. The summed E-state index contributed by atoms with van der Waals surface area (Å²) in [5.74, 6) is 1.61. The molecule has 0 saturated heterocycles. The molecule has 2 aliphatic rings. The third kappa shape index (κ3) is 13.9. The van der Waals surface area contributed by atoms with Crippen LogP contribution < -0.4 is 26.8 Å². The number of nitrogens with zero attached hydrogens (tertiary/aromatic N) is 2. The number of hydrogen-bond donors (Lipinski definition) is 2. The van der Waals surface area contributed by atoms with Gasteiger partial charge in [0.2, 0.25) is 0 Å². The van der Waals surface area contributed by atoms with Crippen LogP contribution in [0.1, 0.15) is 88.5 Å². The van der Waals surface area contributed by atoms with Crippen molar-refractivity contribution in [2.45, 2.75) is 78.4 Å². The van der Waals surface area contributed by atoms with E-state index in [1.165, 1.54) is 0 Å². The van der Waals surface area contributed by atoms with Crippen LogP contribution in [0.3, 0.4) is 0 Å². The molecule has 328 valence electrons. The largest absolute Gasteiger partial charge is 1.00 e. The zero-order valence-corrected chi connectivity index (χ0v) is 37.7. The standard InChI is InChI=1S/2C23H30NO3.ClH.H3O4P/c2*1-5-15-24(4,6-2)16-17(3)26-23(25)22-18-11-7-9-13-20(18)27-21-14-10-8-12-19(21)22;;1-5(2,3)4/h2*7-14,17,22H,5-6,15-16H2,1-4H3;1H;(H3,1,2,3,4)/q2*+1;;/p-2. The van der Waals surface area contributed by atoms with Crippen molar-refractivity contribution in [1.82, 2.24) is 0 Å². The van der Waals surface area contributed by atoms with E-state index >= 15 is 0 Å². The number of para-hydroxylation sites is 4. The number of phosphoric acid groups is 1. The monoisotopic (exact) mass is 868 g/mol. The summed E-state index contributed by atoms with van der Waals surface area (Å²) >= 11 is 0. The highest BCUT2D eigenvalue weighted by molar-refractivity contribution is 7.43. The summed E-state index contributed by atoms with van der Waals surface area (Å²) in [6.07, 6.45) is 1.95. The molecule has 14 heteroatoms. The van der Waals surface area contributed by atoms with Gasteiger partial charge in [-0.15, -0.1) is 0 Å². The Morgan fingerprint density at radius 3 is 1.10 bits per heavy atom. The predicted octanol–water partition coefficient (Wildman–Crippen LogP) is 4.91. The molecule has 4 atom stereocenters. The molecule has 0 spiro atoms. The van der Waals surface area contributed by atoms with Crippen molar-refractivity contribution >= 4 is 19.8 Å². The first kappa shape index (κ1) is 50.1. The molecule has 2 aliphatic heterocycles. The fraction of sp³-hybridized carbons (Fsp3) is 0.435. The molecule has 4 aromatic rings. The van der Waals surface area contributed by atoms with Crippen molar-refractivity contribution in [2.75, 3.05) is 53.4 Å². The smallest absolute Gasteiger partial charge is 0.318 e. The van der Waals surface area contributed by atoms with Crippen molar-refractivity contribution in [3.05, 3.63) is 119 Å². The average Bonchev–Trinajstić information content (AvgIpc) is 3.18. The average molecular weight is 869 g/mol. The Labute approximate surface area is 361 Å². The van der Waals surface area contributed by atoms with Crippen LogP contribution in [0.25, 0.3) is 0 Å². The Morgan fingerprint density at radius 2 is 0.867 bits per heavy atom. The minimum absolute atomic E-state index is 0. The van der Waals surface area contributed by atoms with E-state index in [1.54, 1.807) is 0 Å². The second-order valence-electron chi connectivity index (χ2n) is 15.9. The van der Waals surface area contributed by atoms with E-state index in [9.17, 15) is 9.59 Å². The second-order valence-corrected chi connectivity index (χ2v) is 16.9. The molecule has 2 heterocycles. The minimum Gasteiger partial charge on any atom is -1.00 e. The van der Waals surface area contributed by atoms with Crippen LogP contribution in [0.4, 0.5) is 0 Å². The fourth-order valence-electron chi connectivity index (χ4n) is 8.01. The third-order valence-electron chi connectivity index (χ3n) is 10.9. The lowest BCUT2D eigenvalue weighted by Crippen LogP contribution is -3.00. The first-order valence-electron chi connectivity index (χ1n) is 20.5. The van der Waals surface area contributed by atoms with Gasteiger partial charge in [0, 0.05) is 22.3 Å². The van der Waals surface area contributed by atoms with E-state index < -0.39 is 19.7 Å². The lowest BCUT2D eigenvalue weighted by atomic mass is 9.88. The van der Waals surface area contributed by atoms with Crippen molar-refractivity contribution < 1.29 is 69.2 Å². The van der Waals surface area contributed by atoms with Gasteiger partial charge in [-0.05, 0) is 64.8 Å². The molecule has 0 radical (unpaired) electrons. The van der Waals surface area contributed by atoms with Crippen molar-refractivity contribution in [1.29, 1.82) is 0 Å². The molecule has 4 unspecified atom stereocenters. The number of carbonyl (C=O) groups is 2. The van der Waals surface area contributed by atoms with Gasteiger partial charge in [0.25, 0.3) is 7.82 Å². The van der Waals surface area contributed by atoms with Crippen molar-refractivity contribution in [3.63, 3.8) is 0 Å². The summed E-state index contributed by atoms with van der Waals surface area (Å²) in [5, 5.41) is 0. The predicted molar refractivity (Wildman–Crippen MR) is 226 cm³/mol. The van der Waals surface area contributed by atoms with E-state index in [2.05, 4.69) is 41.8 Å². The van der Waals surface area contributed by atoms with Crippen LogP contribution in [0.5, 0.6) is 23.0 Å². The number of quaternary nitrogens is 2. The van der Waals surface area contributed by atoms with Crippen LogP contribution in [-0.4, -0.2) is 96.3 Å². The van der Waals surface area contributed by atoms with Gasteiger partial charge in [-0.25, -0.2) is 0 Å². The van der Waals surface area contributed by atoms with Crippen LogP contribution in [0.15, 0.2) is 97.1 Å². The molecule has 0 aromatic heterocycles. The van der Waals surface area contributed by atoms with Gasteiger partial charge in [-0.3, -0.25) is 14.2 Å². The molecule has 0 aliphatic carbocycles. The van der Waals surface area contributed by atoms with Gasteiger partial charge >= 0.3 is 11.9 Å². The van der Waals surface area contributed by atoms with Gasteiger partial charge < -0.3 is 55.0 Å². The molecule has 0 saturated carbocycles. The fourth-order valence-corrected chi connectivity index (χ4v) is 8.01. The summed E-state index contributed by atoms with van der Waals surface area (Å²) in [4.78, 5) is 49.3. The van der Waals surface area contributed by atoms with Gasteiger partial charge in [-0.1, -0.05) is 86.6 Å². The molecule has 0 bridgehead atoms. The summed E-state index contributed by atoms with van der Waals surface area (Å²) < 4.78 is 34.4. The molecule has 2 N–H and O–H groups in total. The first-order valence-corrected chi connectivity index (χ1v) is 22.0. The van der Waals surface area contributed by atoms with Crippen LogP contribution in [0.2, 0.25) is 0 Å². The van der Waals surface area contributed by atoms with E-state index in [-0.39, 0.29) is 36.6 Å². The maximum absolute atomic E-state index is 13.2. The van der Waals surface area contributed by atoms with E-state index in [4.69, 9.17) is 38.2 Å². The van der Waals surface area contributed by atoms with Crippen LogP contribution >= 0.6 is 7.82 Å². The third-order valence-corrected chi connectivity index (χ3v) is 10.9. The number of ether oxygens (including phenoxy) is 4. The van der Waals surface area contributed by atoms with Crippen LogP contribution in [0, 0.1) is 0 Å². The Balaban J connectivity index is 0.000000284. The van der Waals surface area contributed by atoms with Crippen LogP contribution in [-0.2, 0) is 23.6 Å². The number of fused-ring (bicyclic) bond motifs is 4. The van der Waals surface area contributed by atoms with Gasteiger partial charge in [-0.2, -0.15) is 0 Å². The van der Waals surface area contributed by atoms with E-state index in [0.29, 0.717) is 0 Å². The Kier molecular flexibility index (Phi) is 18.8. The molecule has 12 nitrogen and oxygen atoms in total. The molecule has 0 amide bonds. The highest BCUT2D eigenvalue weighted by atomic mass is 35.5. The minimum atomic E-state index is -4.89. The highest BCUT2D eigenvalue weighted by Gasteiger charge is 2.37. The van der Waals surface area contributed by atoms with Crippen molar-refractivity contribution in [2.24, 2.45) is 0 Å². The number of rotatable bonds is 14. The lowest BCUT2D eigenvalue weighted by Gasteiger charge is -2.35. The van der Waals surface area contributed by atoms with Gasteiger partial charge in [0.05, 0.1) is 40.3 Å². The second kappa shape index (κ2) is 22.5. The van der Waals surface area contributed by atoms with E-state index in [0.717, 1.165) is 106 Å². The number of benzene rings is 4. The maximum atomic E-state index is 13.2. The number of likely N-dealkylation sites (N-methyl/N-ethyl adjacent to an activating group) is 2. The number of hydrogen-bond acceptors (Lipinski definition) is 8. The number of halogens is 1. The zero-order chi connectivity index (χ0) is 43.4. The topological polar surface area (TPSA) is 152 Å². The maximum Gasteiger partial charge on any atom is 0.318 e. The first-order chi connectivity index (χ1) is 27.9. The van der Waals surface area contributed by atoms with Gasteiger partial charge in [0.1, 0.15) is 60.1 Å². The summed E-state index contributed by atoms with van der Waals surface area (Å²) in [7, 11) is -0.431. The molecule has 6 rings (SSSR count). The summed E-state index contributed by atoms with van der Waals surface area (Å²) in [6.45, 7) is 18.6. The van der Waals surface area contributed by atoms with Gasteiger partial charge in [0.15, 0.2) is 0 Å². The molecular formula is C46H62ClN2O10P. The van der Waals surface area contributed by atoms with Crippen molar-refractivity contribution in [3.8, 4) is 23.0 Å². The molecule has 4 aromatic carbocycles. The quantitative estimate of drug-likeness (QED) is 0.102. The SMILES string of the molecule is CCC[N+](C)(CC)CC(C)OC(=O)C1c2ccccc2Oc2ccccc21.CCC[N+](C)(CC)CC(C)OC(=O)C1c2ccccc2Oc2ccccc21.O=P([O-])(O)O.[Cl-].